The molecule has 0 unspecified atom stereocenters. The number of carbonyl (C=O) groups is 1. The summed E-state index contributed by atoms with van der Waals surface area (Å²) in [6.45, 7) is 5.46. The molecule has 0 saturated heterocycles. The van der Waals surface area contributed by atoms with E-state index >= 15 is 0 Å². The molecule has 86 valence electrons. The summed E-state index contributed by atoms with van der Waals surface area (Å²) in [5, 5.41) is 9.77. The molecule has 1 rings (SSSR count). The molecule has 0 heterocycles. The van der Waals surface area contributed by atoms with Crippen LogP contribution in [0.4, 0.5) is 0 Å². The second kappa shape index (κ2) is 4.83. The highest BCUT2D eigenvalue weighted by atomic mass is 79.9. The van der Waals surface area contributed by atoms with Crippen molar-refractivity contribution >= 4 is 27.5 Å². The first kappa shape index (κ1) is 13.0. The first-order chi connectivity index (χ1) is 7.30. The van der Waals surface area contributed by atoms with E-state index in [1.807, 2.05) is 32.9 Å². The molecular weight excluding hydrogens is 268 g/mol. The van der Waals surface area contributed by atoms with E-state index in [2.05, 4.69) is 15.9 Å². The first-order valence-electron chi connectivity index (χ1n) is 5.02. The molecule has 3 heteroatoms. The van der Waals surface area contributed by atoms with Crippen LogP contribution in [0.25, 0.3) is 5.76 Å². The molecule has 0 aromatic heterocycles. The molecule has 1 N–H and O–H groups in total. The summed E-state index contributed by atoms with van der Waals surface area (Å²) in [7, 11) is 0. The molecule has 16 heavy (non-hydrogen) atoms. The van der Waals surface area contributed by atoms with Gasteiger partial charge in [0, 0.05) is 21.5 Å². The van der Waals surface area contributed by atoms with Crippen LogP contribution in [0.2, 0.25) is 0 Å². The van der Waals surface area contributed by atoms with E-state index in [0.717, 1.165) is 4.47 Å². The summed E-state index contributed by atoms with van der Waals surface area (Å²) in [4.78, 5) is 11.7. The summed E-state index contributed by atoms with van der Waals surface area (Å²) in [6, 6.07) is 7.15. The predicted molar refractivity (Wildman–Crippen MR) is 69.2 cm³/mol. The molecule has 0 spiro atoms. The number of halogens is 1. The Balaban J connectivity index is 2.94. The molecule has 1 aromatic rings. The van der Waals surface area contributed by atoms with Gasteiger partial charge >= 0.3 is 0 Å². The van der Waals surface area contributed by atoms with Gasteiger partial charge in [-0.05, 0) is 12.1 Å². The van der Waals surface area contributed by atoms with Crippen molar-refractivity contribution in [1.29, 1.82) is 0 Å². The number of aliphatic hydroxyl groups is 1. The number of carbonyl (C=O) groups excluding carboxylic acids is 1. The Hall–Kier alpha value is -1.09. The SMILES string of the molecule is CC(C)(C)C(=O)C=C(O)c1ccc(Br)cc1. The molecule has 0 saturated carbocycles. The Labute approximate surface area is 104 Å². The van der Waals surface area contributed by atoms with E-state index in [4.69, 9.17) is 0 Å². The van der Waals surface area contributed by atoms with Gasteiger partial charge in [0.15, 0.2) is 5.78 Å². The Morgan fingerprint density at radius 3 is 2.19 bits per heavy atom. The van der Waals surface area contributed by atoms with Gasteiger partial charge in [0.1, 0.15) is 5.76 Å². The van der Waals surface area contributed by atoms with Crippen LogP contribution in [0.3, 0.4) is 0 Å². The van der Waals surface area contributed by atoms with E-state index in [9.17, 15) is 9.90 Å². The average Bonchev–Trinajstić information content (AvgIpc) is 2.17. The van der Waals surface area contributed by atoms with Crippen LogP contribution in [0, 0.1) is 5.41 Å². The minimum absolute atomic E-state index is 0.00688. The lowest BCUT2D eigenvalue weighted by atomic mass is 9.90. The van der Waals surface area contributed by atoms with Gasteiger partial charge in [0.05, 0.1) is 0 Å². The number of hydrogen-bond acceptors (Lipinski definition) is 2. The predicted octanol–water partition coefficient (Wildman–Crippen LogP) is 3.96. The lowest BCUT2D eigenvalue weighted by molar-refractivity contribution is -0.121. The summed E-state index contributed by atoms with van der Waals surface area (Å²) in [5.74, 6) is -0.0830. The third-order valence-electron chi connectivity index (χ3n) is 2.15. The Morgan fingerprint density at radius 1 is 1.25 bits per heavy atom. The third-order valence-corrected chi connectivity index (χ3v) is 2.68. The quantitative estimate of drug-likeness (QED) is 0.658. The van der Waals surface area contributed by atoms with Crippen molar-refractivity contribution in [2.45, 2.75) is 20.8 Å². The second-order valence-electron chi connectivity index (χ2n) is 4.65. The standard InChI is InChI=1S/C13H15BrO2/c1-13(2,3)12(16)8-11(15)9-4-6-10(14)7-5-9/h4-8,15H,1-3H3. The van der Waals surface area contributed by atoms with Crippen LogP contribution in [0.15, 0.2) is 34.8 Å². The van der Waals surface area contributed by atoms with E-state index < -0.39 is 5.41 Å². The maximum absolute atomic E-state index is 11.7. The van der Waals surface area contributed by atoms with Crippen LogP contribution >= 0.6 is 15.9 Å². The molecule has 0 radical (unpaired) electrons. The van der Waals surface area contributed by atoms with Crippen molar-refractivity contribution in [3.63, 3.8) is 0 Å². The lowest BCUT2D eigenvalue weighted by Gasteiger charge is -2.13. The van der Waals surface area contributed by atoms with Crippen molar-refractivity contribution in [3.05, 3.63) is 40.4 Å². The fourth-order valence-electron chi connectivity index (χ4n) is 1.04. The molecule has 2 nitrogen and oxygen atoms in total. The Morgan fingerprint density at radius 2 is 1.75 bits per heavy atom. The third kappa shape index (κ3) is 3.49. The Bertz CT molecular complexity index is 411. The van der Waals surface area contributed by atoms with Crippen LogP contribution in [0.5, 0.6) is 0 Å². The van der Waals surface area contributed by atoms with Gasteiger partial charge in [-0.3, -0.25) is 4.79 Å². The molecule has 0 aliphatic carbocycles. The molecule has 0 bridgehead atoms. The van der Waals surface area contributed by atoms with Crippen LogP contribution in [0.1, 0.15) is 26.3 Å². The van der Waals surface area contributed by atoms with Gasteiger partial charge in [-0.1, -0.05) is 48.8 Å². The van der Waals surface area contributed by atoms with E-state index in [1.165, 1.54) is 6.08 Å². The topological polar surface area (TPSA) is 37.3 Å². The van der Waals surface area contributed by atoms with Gasteiger partial charge in [-0.25, -0.2) is 0 Å². The first-order valence-corrected chi connectivity index (χ1v) is 5.81. The zero-order chi connectivity index (χ0) is 12.3. The number of ketones is 1. The molecule has 0 fully saturated rings. The molecule has 0 aliphatic heterocycles. The number of rotatable bonds is 2. The highest BCUT2D eigenvalue weighted by molar-refractivity contribution is 9.10. The number of allylic oxidation sites excluding steroid dienone is 1. The molecule has 0 atom stereocenters. The molecule has 0 aliphatic rings. The van der Waals surface area contributed by atoms with Crippen LogP contribution < -0.4 is 0 Å². The van der Waals surface area contributed by atoms with Gasteiger partial charge in [0.25, 0.3) is 0 Å². The monoisotopic (exact) mass is 282 g/mol. The average molecular weight is 283 g/mol. The fraction of sp³-hybridized carbons (Fsp3) is 0.308. The smallest absolute Gasteiger partial charge is 0.164 e. The lowest BCUT2D eigenvalue weighted by Crippen LogP contribution is -2.17. The zero-order valence-corrected chi connectivity index (χ0v) is 11.2. The number of benzene rings is 1. The van der Waals surface area contributed by atoms with Crippen molar-refractivity contribution < 1.29 is 9.90 Å². The van der Waals surface area contributed by atoms with Gasteiger partial charge < -0.3 is 5.11 Å². The van der Waals surface area contributed by atoms with Crippen LogP contribution in [-0.4, -0.2) is 10.9 Å². The maximum Gasteiger partial charge on any atom is 0.164 e. The highest BCUT2D eigenvalue weighted by Gasteiger charge is 2.19. The largest absolute Gasteiger partial charge is 0.507 e. The summed E-state index contributed by atoms with van der Waals surface area (Å²) >= 11 is 3.31. The maximum atomic E-state index is 11.7. The number of hydrogen-bond donors (Lipinski definition) is 1. The molecule has 0 amide bonds. The van der Waals surface area contributed by atoms with Crippen molar-refractivity contribution in [1.82, 2.24) is 0 Å². The second-order valence-corrected chi connectivity index (χ2v) is 5.57. The zero-order valence-electron chi connectivity index (χ0n) is 9.62. The normalized spacial score (nSPS) is 12.6. The summed E-state index contributed by atoms with van der Waals surface area (Å²) in [6.07, 6.45) is 1.28. The molecular formula is C13H15BrO2. The van der Waals surface area contributed by atoms with Crippen molar-refractivity contribution in [2.24, 2.45) is 5.41 Å². The molecule has 1 aromatic carbocycles. The van der Waals surface area contributed by atoms with Crippen LogP contribution in [-0.2, 0) is 4.79 Å². The van der Waals surface area contributed by atoms with E-state index in [0.29, 0.717) is 5.56 Å². The van der Waals surface area contributed by atoms with Crippen molar-refractivity contribution in [2.75, 3.05) is 0 Å². The minimum atomic E-state index is -0.469. The van der Waals surface area contributed by atoms with Crippen molar-refractivity contribution in [3.8, 4) is 0 Å². The van der Waals surface area contributed by atoms with E-state index in [1.54, 1.807) is 12.1 Å². The fourth-order valence-corrected chi connectivity index (χ4v) is 1.31. The summed E-state index contributed by atoms with van der Waals surface area (Å²) < 4.78 is 0.936. The Kier molecular flexibility index (Phi) is 3.92. The summed E-state index contributed by atoms with van der Waals surface area (Å²) in [5.41, 5.74) is 0.171. The van der Waals surface area contributed by atoms with Gasteiger partial charge in [-0.15, -0.1) is 0 Å². The number of aliphatic hydroxyl groups excluding tert-OH is 1. The van der Waals surface area contributed by atoms with Gasteiger partial charge in [-0.2, -0.15) is 0 Å². The van der Waals surface area contributed by atoms with Gasteiger partial charge in [0.2, 0.25) is 0 Å². The van der Waals surface area contributed by atoms with E-state index in [-0.39, 0.29) is 11.5 Å². The minimum Gasteiger partial charge on any atom is -0.507 e. The highest BCUT2D eigenvalue weighted by Crippen LogP contribution is 2.20.